The van der Waals surface area contributed by atoms with E-state index >= 15 is 0 Å². The summed E-state index contributed by atoms with van der Waals surface area (Å²) in [5, 5.41) is 2.79. The molecule has 2 amide bonds. The molecule has 1 aliphatic heterocycles. The minimum Gasteiger partial charge on any atom is -0.497 e. The average molecular weight is 402 g/mol. The fraction of sp³-hybridized carbons (Fsp3) is 0.238. The van der Waals surface area contributed by atoms with Gasteiger partial charge in [0.2, 0.25) is 0 Å². The first-order valence-corrected chi connectivity index (χ1v) is 8.92. The topological polar surface area (TPSA) is 67.9 Å². The molecule has 0 radical (unpaired) electrons. The molecule has 0 saturated carbocycles. The number of anilines is 1. The van der Waals surface area contributed by atoms with Crippen LogP contribution < -0.4 is 10.1 Å². The SMILES string of the molecule is COCCCN1C(=O)C(Nc2ccc(F)c(F)c2)=C(c2ccc(OC)cc2)C1=O. The number of ether oxygens (including phenoxy) is 2. The number of nitrogens with zero attached hydrogens (tertiary/aromatic N) is 1. The van der Waals surface area contributed by atoms with E-state index in [0.717, 1.165) is 17.0 Å². The first-order valence-electron chi connectivity index (χ1n) is 8.92. The van der Waals surface area contributed by atoms with Crippen LogP contribution in [0.5, 0.6) is 5.75 Å². The second-order valence-corrected chi connectivity index (χ2v) is 6.34. The van der Waals surface area contributed by atoms with Gasteiger partial charge in [0.1, 0.15) is 11.4 Å². The standard InChI is InChI=1S/C21H20F2N2O4/c1-28-11-3-10-25-20(26)18(13-4-7-15(29-2)8-5-13)19(21(25)27)24-14-6-9-16(22)17(23)12-14/h4-9,12,24H,3,10-11H2,1-2H3. The maximum Gasteiger partial charge on any atom is 0.278 e. The molecule has 0 spiro atoms. The Balaban J connectivity index is 1.99. The van der Waals surface area contributed by atoms with Crippen LogP contribution in [-0.2, 0) is 14.3 Å². The zero-order valence-electron chi connectivity index (χ0n) is 16.0. The van der Waals surface area contributed by atoms with E-state index in [1.54, 1.807) is 24.3 Å². The fourth-order valence-corrected chi connectivity index (χ4v) is 3.01. The van der Waals surface area contributed by atoms with Crippen molar-refractivity contribution < 1.29 is 27.8 Å². The van der Waals surface area contributed by atoms with Crippen LogP contribution in [0, 0.1) is 11.6 Å². The highest BCUT2D eigenvalue weighted by Crippen LogP contribution is 2.31. The van der Waals surface area contributed by atoms with Crippen LogP contribution in [0.1, 0.15) is 12.0 Å². The van der Waals surface area contributed by atoms with Gasteiger partial charge in [-0.2, -0.15) is 0 Å². The first kappa shape index (κ1) is 20.5. The number of imide groups is 1. The van der Waals surface area contributed by atoms with E-state index in [0.29, 0.717) is 24.3 Å². The lowest BCUT2D eigenvalue weighted by Crippen LogP contribution is -2.33. The molecule has 0 unspecified atom stereocenters. The molecule has 1 N–H and O–H groups in total. The molecule has 1 heterocycles. The van der Waals surface area contributed by atoms with Crippen molar-refractivity contribution in [1.82, 2.24) is 4.90 Å². The van der Waals surface area contributed by atoms with Gasteiger partial charge < -0.3 is 14.8 Å². The average Bonchev–Trinajstić information content (AvgIpc) is 2.95. The zero-order chi connectivity index (χ0) is 21.0. The van der Waals surface area contributed by atoms with Gasteiger partial charge >= 0.3 is 0 Å². The third-order valence-electron chi connectivity index (χ3n) is 4.47. The molecule has 0 bridgehead atoms. The lowest BCUT2D eigenvalue weighted by Gasteiger charge is -2.15. The van der Waals surface area contributed by atoms with E-state index in [4.69, 9.17) is 9.47 Å². The highest BCUT2D eigenvalue weighted by molar-refractivity contribution is 6.36. The number of benzene rings is 2. The van der Waals surface area contributed by atoms with E-state index in [1.807, 2.05) is 0 Å². The van der Waals surface area contributed by atoms with E-state index in [-0.39, 0.29) is 23.5 Å². The maximum atomic E-state index is 13.6. The largest absolute Gasteiger partial charge is 0.497 e. The van der Waals surface area contributed by atoms with Crippen LogP contribution in [0.3, 0.4) is 0 Å². The number of rotatable bonds is 8. The molecule has 3 rings (SSSR count). The van der Waals surface area contributed by atoms with Gasteiger partial charge in [0.25, 0.3) is 11.8 Å². The van der Waals surface area contributed by atoms with Crippen molar-refractivity contribution in [2.45, 2.75) is 6.42 Å². The van der Waals surface area contributed by atoms with Crippen molar-refractivity contribution in [3.05, 3.63) is 65.4 Å². The zero-order valence-corrected chi connectivity index (χ0v) is 16.0. The molecule has 6 nitrogen and oxygen atoms in total. The molecular formula is C21H20F2N2O4. The minimum atomic E-state index is -1.06. The Bertz CT molecular complexity index is 958. The highest BCUT2D eigenvalue weighted by atomic mass is 19.2. The number of hydrogen-bond acceptors (Lipinski definition) is 5. The molecule has 8 heteroatoms. The van der Waals surface area contributed by atoms with Gasteiger partial charge in [-0.25, -0.2) is 8.78 Å². The van der Waals surface area contributed by atoms with Gasteiger partial charge in [-0.05, 0) is 36.2 Å². The van der Waals surface area contributed by atoms with Crippen LogP contribution >= 0.6 is 0 Å². The molecule has 152 valence electrons. The fourth-order valence-electron chi connectivity index (χ4n) is 3.01. The van der Waals surface area contributed by atoms with Crippen LogP contribution in [-0.4, -0.2) is 44.1 Å². The van der Waals surface area contributed by atoms with Gasteiger partial charge in [-0.1, -0.05) is 12.1 Å². The summed E-state index contributed by atoms with van der Waals surface area (Å²) in [6, 6.07) is 9.83. The molecule has 0 aliphatic carbocycles. The van der Waals surface area contributed by atoms with Crippen molar-refractivity contribution in [2.24, 2.45) is 0 Å². The summed E-state index contributed by atoms with van der Waals surface area (Å²) in [7, 11) is 3.05. The molecule has 2 aromatic rings. The second-order valence-electron chi connectivity index (χ2n) is 6.34. The number of carbonyl (C=O) groups excluding carboxylic acids is 2. The quantitative estimate of drug-likeness (QED) is 0.543. The highest BCUT2D eigenvalue weighted by Gasteiger charge is 2.38. The summed E-state index contributed by atoms with van der Waals surface area (Å²) >= 11 is 0. The number of carbonyl (C=O) groups is 2. The van der Waals surface area contributed by atoms with Crippen LogP contribution in [0.2, 0.25) is 0 Å². The van der Waals surface area contributed by atoms with Crippen molar-refractivity contribution in [1.29, 1.82) is 0 Å². The summed E-state index contributed by atoms with van der Waals surface area (Å²) in [5.41, 5.74) is 0.816. The molecular weight excluding hydrogens is 382 g/mol. The molecule has 0 fully saturated rings. The molecule has 2 aromatic carbocycles. The van der Waals surface area contributed by atoms with Gasteiger partial charge in [0.15, 0.2) is 11.6 Å². The summed E-state index contributed by atoms with van der Waals surface area (Å²) in [6.07, 6.45) is 0.475. The summed E-state index contributed by atoms with van der Waals surface area (Å²) in [5.74, 6) is -2.48. The van der Waals surface area contributed by atoms with Crippen LogP contribution in [0.15, 0.2) is 48.2 Å². The van der Waals surface area contributed by atoms with Crippen molar-refractivity contribution in [3.8, 4) is 5.75 Å². The third-order valence-corrected chi connectivity index (χ3v) is 4.47. The number of methoxy groups -OCH3 is 2. The summed E-state index contributed by atoms with van der Waals surface area (Å²) < 4.78 is 36.9. The lowest BCUT2D eigenvalue weighted by molar-refractivity contribution is -0.136. The van der Waals surface area contributed by atoms with Gasteiger partial charge in [0, 0.05) is 32.0 Å². The van der Waals surface area contributed by atoms with E-state index in [9.17, 15) is 18.4 Å². The Kier molecular flexibility index (Phi) is 6.23. The molecule has 0 aromatic heterocycles. The number of halogens is 2. The maximum absolute atomic E-state index is 13.6. The Morgan fingerprint density at radius 3 is 2.31 bits per heavy atom. The molecule has 29 heavy (non-hydrogen) atoms. The Hall–Kier alpha value is -3.26. The van der Waals surface area contributed by atoms with Gasteiger partial charge in [-0.15, -0.1) is 0 Å². The predicted octanol–water partition coefficient (Wildman–Crippen LogP) is 3.20. The summed E-state index contributed by atoms with van der Waals surface area (Å²) in [6.45, 7) is 0.564. The van der Waals surface area contributed by atoms with Crippen molar-refractivity contribution in [2.75, 3.05) is 32.7 Å². The number of amides is 2. The van der Waals surface area contributed by atoms with Gasteiger partial charge in [-0.3, -0.25) is 14.5 Å². The number of hydrogen-bond donors (Lipinski definition) is 1. The minimum absolute atomic E-state index is 0.00333. The second kappa shape index (κ2) is 8.83. The smallest absolute Gasteiger partial charge is 0.278 e. The normalized spacial score (nSPS) is 14.0. The van der Waals surface area contributed by atoms with Crippen LogP contribution in [0.4, 0.5) is 14.5 Å². The molecule has 0 atom stereocenters. The number of nitrogens with one attached hydrogen (secondary N) is 1. The van der Waals surface area contributed by atoms with E-state index < -0.39 is 23.4 Å². The van der Waals surface area contributed by atoms with Crippen molar-refractivity contribution >= 4 is 23.1 Å². The van der Waals surface area contributed by atoms with Crippen molar-refractivity contribution in [3.63, 3.8) is 0 Å². The monoisotopic (exact) mass is 402 g/mol. The Morgan fingerprint density at radius 1 is 0.966 bits per heavy atom. The van der Waals surface area contributed by atoms with E-state index in [2.05, 4.69) is 5.32 Å². The van der Waals surface area contributed by atoms with Crippen LogP contribution in [0.25, 0.3) is 5.57 Å². The Labute approximate surface area is 166 Å². The molecule has 1 aliphatic rings. The lowest BCUT2D eigenvalue weighted by atomic mass is 10.0. The summed E-state index contributed by atoms with van der Waals surface area (Å²) in [4.78, 5) is 27.0. The Morgan fingerprint density at radius 2 is 1.69 bits per heavy atom. The molecule has 0 saturated heterocycles. The predicted molar refractivity (Wildman–Crippen MR) is 103 cm³/mol. The first-order chi connectivity index (χ1) is 14.0. The van der Waals surface area contributed by atoms with E-state index in [1.165, 1.54) is 20.3 Å². The van der Waals surface area contributed by atoms with Gasteiger partial charge in [0.05, 0.1) is 12.7 Å². The third kappa shape index (κ3) is 4.27.